The lowest BCUT2D eigenvalue weighted by Gasteiger charge is -2.33. The van der Waals surface area contributed by atoms with Crippen molar-refractivity contribution < 1.29 is 9.53 Å². The Labute approximate surface area is 257 Å². The molecule has 0 spiro atoms. The van der Waals surface area contributed by atoms with Gasteiger partial charge in [0.2, 0.25) is 0 Å². The second-order valence-electron chi connectivity index (χ2n) is 10.9. The van der Waals surface area contributed by atoms with E-state index in [2.05, 4.69) is 89.1 Å². The average molecular weight is 682 g/mol. The predicted octanol–water partition coefficient (Wildman–Crippen LogP) is 5.84. The second kappa shape index (κ2) is 12.1. The number of rotatable bonds is 6. The van der Waals surface area contributed by atoms with Crippen LogP contribution in [0.5, 0.6) is 0 Å². The number of aromatic nitrogens is 2. The first-order chi connectivity index (χ1) is 19.9. The van der Waals surface area contributed by atoms with Crippen molar-refractivity contribution in [3.63, 3.8) is 0 Å². The molecule has 8 nitrogen and oxygen atoms in total. The van der Waals surface area contributed by atoms with Crippen LogP contribution in [-0.2, 0) is 11.3 Å². The molecule has 2 fully saturated rings. The first kappa shape index (κ1) is 28.2. The van der Waals surface area contributed by atoms with Crippen LogP contribution in [0.1, 0.15) is 34.8 Å². The van der Waals surface area contributed by atoms with E-state index in [1.54, 1.807) is 0 Å². The van der Waals surface area contributed by atoms with Gasteiger partial charge in [0.1, 0.15) is 5.82 Å². The first-order valence-electron chi connectivity index (χ1n) is 14.0. The molecule has 0 radical (unpaired) electrons. The molecule has 0 unspecified atom stereocenters. The molecule has 4 aromatic rings. The summed E-state index contributed by atoms with van der Waals surface area (Å²) in [5, 5.41) is 4.04. The third-order valence-corrected chi connectivity index (χ3v) is 9.31. The molecule has 2 aromatic heterocycles. The van der Waals surface area contributed by atoms with Crippen molar-refractivity contribution in [1.29, 1.82) is 0 Å². The number of fused-ring (bicyclic) bond motifs is 1. The van der Waals surface area contributed by atoms with E-state index in [0.29, 0.717) is 23.8 Å². The fourth-order valence-corrected chi connectivity index (χ4v) is 7.05. The number of hydrogen-bond donors (Lipinski definition) is 2. The van der Waals surface area contributed by atoms with Gasteiger partial charge in [-0.1, -0.05) is 15.9 Å². The molecule has 0 aliphatic carbocycles. The number of hydrogen-bond acceptors (Lipinski definition) is 6. The minimum absolute atomic E-state index is 0.140. The van der Waals surface area contributed by atoms with Gasteiger partial charge >= 0.3 is 0 Å². The molecule has 0 bridgehead atoms. The summed E-state index contributed by atoms with van der Waals surface area (Å²) in [6.45, 7) is 5.82. The fourth-order valence-electron chi connectivity index (χ4n) is 5.73. The van der Waals surface area contributed by atoms with Gasteiger partial charge in [0.25, 0.3) is 5.91 Å². The van der Waals surface area contributed by atoms with E-state index in [9.17, 15) is 4.79 Å². The summed E-state index contributed by atoms with van der Waals surface area (Å²) in [4.78, 5) is 23.2. The summed E-state index contributed by atoms with van der Waals surface area (Å²) in [7, 11) is 2.15. The van der Waals surface area contributed by atoms with Crippen LogP contribution < -0.4 is 16.0 Å². The maximum Gasteiger partial charge on any atom is 0.252 e. The summed E-state index contributed by atoms with van der Waals surface area (Å²) >= 11 is 7.02. The monoisotopic (exact) mass is 680 g/mol. The number of nitrogens with one attached hydrogen (secondary N) is 1. The number of nitrogens with zero attached hydrogens (tertiary/aromatic N) is 4. The maximum absolute atomic E-state index is 13.7. The lowest BCUT2D eigenvalue weighted by molar-refractivity contribution is 0.0707. The highest BCUT2D eigenvalue weighted by atomic mass is 79.9. The third-order valence-electron chi connectivity index (χ3n) is 8.19. The molecule has 6 rings (SSSR count). The lowest BCUT2D eigenvalue weighted by Crippen LogP contribution is -2.44. The van der Waals surface area contributed by atoms with Crippen LogP contribution in [-0.4, -0.2) is 66.8 Å². The van der Waals surface area contributed by atoms with Crippen LogP contribution in [0.4, 0.5) is 11.5 Å². The van der Waals surface area contributed by atoms with Gasteiger partial charge in [-0.25, -0.2) is 4.98 Å². The molecule has 2 aliphatic rings. The molecule has 41 heavy (non-hydrogen) atoms. The lowest BCUT2D eigenvalue weighted by atomic mass is 10.00. The van der Waals surface area contributed by atoms with Crippen LogP contribution in [0, 0.1) is 0 Å². The number of ether oxygens (including phenoxy) is 1. The van der Waals surface area contributed by atoms with E-state index in [-0.39, 0.29) is 5.91 Å². The molecule has 2 aromatic carbocycles. The molecular formula is C31H34Br2N6O2. The Balaban J connectivity index is 1.34. The second-order valence-corrected chi connectivity index (χ2v) is 12.6. The van der Waals surface area contributed by atoms with Gasteiger partial charge < -0.3 is 30.2 Å². The van der Waals surface area contributed by atoms with Crippen molar-refractivity contribution in [2.45, 2.75) is 25.4 Å². The van der Waals surface area contributed by atoms with Crippen LogP contribution in [0.2, 0.25) is 0 Å². The molecule has 2 saturated heterocycles. The van der Waals surface area contributed by atoms with Crippen LogP contribution in [0.25, 0.3) is 22.0 Å². The van der Waals surface area contributed by atoms with E-state index < -0.39 is 0 Å². The Bertz CT molecular complexity index is 1560. The maximum atomic E-state index is 13.7. The number of halogens is 2. The quantitative estimate of drug-likeness (QED) is 0.249. The third kappa shape index (κ3) is 6.02. The Morgan fingerprint density at radius 2 is 1.83 bits per heavy atom. The van der Waals surface area contributed by atoms with Gasteiger partial charge in [0.05, 0.1) is 5.69 Å². The van der Waals surface area contributed by atoms with Crippen molar-refractivity contribution in [2.24, 2.45) is 0 Å². The van der Waals surface area contributed by atoms with Crippen LogP contribution >= 0.6 is 31.9 Å². The smallest absolute Gasteiger partial charge is 0.252 e. The number of carbonyl (C=O) groups is 1. The fraction of sp³-hybridized carbons (Fsp3) is 0.355. The summed E-state index contributed by atoms with van der Waals surface area (Å²) in [5.74, 6) is 0.850. The minimum Gasteiger partial charge on any atom is -0.398 e. The number of nitrogens with two attached hydrogens (primary N) is 1. The van der Waals surface area contributed by atoms with E-state index in [1.165, 1.54) is 0 Å². The molecule has 3 N–H and O–H groups in total. The van der Waals surface area contributed by atoms with E-state index >= 15 is 0 Å². The van der Waals surface area contributed by atoms with Crippen molar-refractivity contribution >= 4 is 60.2 Å². The van der Waals surface area contributed by atoms with Crippen molar-refractivity contribution in [3.8, 4) is 11.1 Å². The number of nitrogen functional groups attached to an aromatic ring is 1. The van der Waals surface area contributed by atoms with Crippen LogP contribution in [0.15, 0.2) is 63.8 Å². The Morgan fingerprint density at radius 1 is 1.05 bits per heavy atom. The molecular weight excluding hydrogens is 648 g/mol. The van der Waals surface area contributed by atoms with Crippen molar-refractivity contribution in [3.05, 3.63) is 74.9 Å². The van der Waals surface area contributed by atoms with Crippen molar-refractivity contribution in [1.82, 2.24) is 19.8 Å². The SMILES string of the molecule is CN1CCN(c2ccc(-c3cc(C(=O)NCc4cc(Br)cc(Br)c4N)c4ccn(C5CCOCC5)c4c3)cn2)CC1. The van der Waals surface area contributed by atoms with Gasteiger partial charge in [-0.15, -0.1) is 0 Å². The minimum atomic E-state index is -0.140. The zero-order chi connectivity index (χ0) is 28.5. The summed E-state index contributed by atoms with van der Waals surface area (Å²) in [6, 6.07) is 14.6. The number of pyridine rings is 1. The zero-order valence-electron chi connectivity index (χ0n) is 23.1. The molecule has 2 aliphatic heterocycles. The Hall–Kier alpha value is -2.92. The van der Waals surface area contributed by atoms with Gasteiger partial charge in [-0.05, 0) is 89.4 Å². The summed E-state index contributed by atoms with van der Waals surface area (Å²) in [5.41, 5.74) is 11.4. The summed E-state index contributed by atoms with van der Waals surface area (Å²) < 4.78 is 9.63. The topological polar surface area (TPSA) is 88.7 Å². The highest BCUT2D eigenvalue weighted by Gasteiger charge is 2.22. The van der Waals surface area contributed by atoms with Crippen LogP contribution in [0.3, 0.4) is 0 Å². The average Bonchev–Trinajstić information content (AvgIpc) is 3.42. The number of amides is 1. The highest BCUT2D eigenvalue weighted by molar-refractivity contribution is 9.11. The molecule has 214 valence electrons. The van der Waals surface area contributed by atoms with E-state index in [0.717, 1.165) is 94.6 Å². The molecule has 0 saturated carbocycles. The van der Waals surface area contributed by atoms with E-state index in [1.807, 2.05) is 24.4 Å². The number of likely N-dealkylation sites (N-methyl/N-ethyl adjacent to an activating group) is 1. The number of benzene rings is 2. The largest absolute Gasteiger partial charge is 0.398 e. The number of carbonyl (C=O) groups excluding carboxylic acids is 1. The highest BCUT2D eigenvalue weighted by Crippen LogP contribution is 2.34. The van der Waals surface area contributed by atoms with Crippen molar-refractivity contribution in [2.75, 3.05) is 57.1 Å². The first-order valence-corrected chi connectivity index (χ1v) is 15.6. The number of piperazine rings is 1. The molecule has 4 heterocycles. The summed E-state index contributed by atoms with van der Waals surface area (Å²) in [6.07, 6.45) is 5.94. The standard InChI is InChI=1S/C31H34Br2N6O2/c1-37-8-10-38(11-9-37)29-3-2-20(18-35-29)21-15-26(31(40)36-19-22-14-23(32)17-27(33)30(22)34)25-4-7-39(28(25)16-21)24-5-12-41-13-6-24/h2-4,7,14-18,24H,5-6,8-13,19,34H2,1H3,(H,36,40). The molecule has 10 heteroatoms. The van der Waals surface area contributed by atoms with E-state index in [4.69, 9.17) is 15.5 Å². The van der Waals surface area contributed by atoms with Gasteiger partial charge in [0, 0.05) is 95.3 Å². The molecule has 1 amide bonds. The zero-order valence-corrected chi connectivity index (χ0v) is 26.2. The predicted molar refractivity (Wildman–Crippen MR) is 171 cm³/mol. The normalized spacial score (nSPS) is 16.8. The number of anilines is 2. The van der Waals surface area contributed by atoms with Gasteiger partial charge in [0.15, 0.2) is 0 Å². The Kier molecular flexibility index (Phi) is 8.35. The Morgan fingerprint density at radius 3 is 2.56 bits per heavy atom. The van der Waals surface area contributed by atoms with Gasteiger partial charge in [-0.2, -0.15) is 0 Å². The molecule has 0 atom stereocenters. The van der Waals surface area contributed by atoms with Gasteiger partial charge in [-0.3, -0.25) is 4.79 Å².